The molecule has 1 aliphatic heterocycles. The van der Waals surface area contributed by atoms with E-state index in [0.717, 1.165) is 33.8 Å². The maximum absolute atomic E-state index is 5.75. The molecule has 0 aromatic heterocycles. The van der Waals surface area contributed by atoms with E-state index in [1.54, 1.807) is 7.11 Å². The van der Waals surface area contributed by atoms with E-state index in [0.29, 0.717) is 13.2 Å². The largest absolute Gasteiger partial charge is 0.496 e. The molecule has 122 valence electrons. The van der Waals surface area contributed by atoms with Gasteiger partial charge in [0.1, 0.15) is 19.0 Å². The van der Waals surface area contributed by atoms with Gasteiger partial charge in [-0.05, 0) is 46.6 Å². The second-order valence-corrected chi connectivity index (χ2v) is 6.29. The summed E-state index contributed by atoms with van der Waals surface area (Å²) in [6, 6.07) is 12.3. The van der Waals surface area contributed by atoms with Gasteiger partial charge in [-0.1, -0.05) is 18.2 Å². The lowest BCUT2D eigenvalue weighted by Gasteiger charge is -2.22. The number of hydrogen-bond acceptors (Lipinski definition) is 4. The Bertz CT molecular complexity index is 690. The standard InChI is InChI=1S/C18H20BrNO3/c1-12(13-6-7-16(21-2)15(19)10-13)20-11-14-4-3-5-17-18(14)23-9-8-22-17/h3-7,10,12,20H,8-9,11H2,1-2H3. The fourth-order valence-corrected chi connectivity index (χ4v) is 3.16. The molecule has 0 radical (unpaired) electrons. The van der Waals surface area contributed by atoms with E-state index in [1.165, 1.54) is 5.56 Å². The SMILES string of the molecule is COc1ccc(C(C)NCc2cccc3c2OCCO3)cc1Br. The number of para-hydroxylation sites is 1. The Hall–Kier alpha value is -1.72. The zero-order chi connectivity index (χ0) is 16.2. The minimum atomic E-state index is 0.206. The summed E-state index contributed by atoms with van der Waals surface area (Å²) in [7, 11) is 1.67. The summed E-state index contributed by atoms with van der Waals surface area (Å²) in [5.74, 6) is 2.52. The van der Waals surface area contributed by atoms with Crippen LogP contribution in [-0.2, 0) is 6.54 Å². The summed E-state index contributed by atoms with van der Waals surface area (Å²) in [5, 5.41) is 3.53. The van der Waals surface area contributed by atoms with Gasteiger partial charge < -0.3 is 19.5 Å². The molecule has 23 heavy (non-hydrogen) atoms. The van der Waals surface area contributed by atoms with Crippen LogP contribution in [0.5, 0.6) is 17.2 Å². The molecule has 1 heterocycles. The number of hydrogen-bond donors (Lipinski definition) is 1. The van der Waals surface area contributed by atoms with Crippen molar-refractivity contribution in [3.63, 3.8) is 0 Å². The second-order valence-electron chi connectivity index (χ2n) is 5.44. The molecule has 0 fully saturated rings. The van der Waals surface area contributed by atoms with Crippen LogP contribution in [0.3, 0.4) is 0 Å². The molecular formula is C18H20BrNO3. The smallest absolute Gasteiger partial charge is 0.165 e. The molecule has 1 atom stereocenters. The summed E-state index contributed by atoms with van der Waals surface area (Å²) in [6.45, 7) is 4.07. The van der Waals surface area contributed by atoms with Gasteiger partial charge in [0.05, 0.1) is 11.6 Å². The molecule has 3 rings (SSSR count). The average Bonchev–Trinajstić information content (AvgIpc) is 2.59. The number of nitrogens with one attached hydrogen (secondary N) is 1. The maximum atomic E-state index is 5.75. The zero-order valence-electron chi connectivity index (χ0n) is 13.3. The number of halogens is 1. The Morgan fingerprint density at radius 1 is 1.22 bits per heavy atom. The van der Waals surface area contributed by atoms with E-state index < -0.39 is 0 Å². The van der Waals surface area contributed by atoms with Crippen molar-refractivity contribution in [3.8, 4) is 17.2 Å². The van der Waals surface area contributed by atoms with Crippen molar-refractivity contribution in [2.75, 3.05) is 20.3 Å². The summed E-state index contributed by atoms with van der Waals surface area (Å²) in [5.41, 5.74) is 2.31. The first-order valence-corrected chi connectivity index (χ1v) is 8.42. The highest BCUT2D eigenvalue weighted by Crippen LogP contribution is 2.34. The van der Waals surface area contributed by atoms with Gasteiger partial charge >= 0.3 is 0 Å². The quantitative estimate of drug-likeness (QED) is 0.851. The Morgan fingerprint density at radius 3 is 2.83 bits per heavy atom. The number of ether oxygens (including phenoxy) is 3. The van der Waals surface area contributed by atoms with Crippen molar-refractivity contribution in [3.05, 3.63) is 52.0 Å². The Labute approximate surface area is 144 Å². The van der Waals surface area contributed by atoms with Crippen LogP contribution in [0.1, 0.15) is 24.1 Å². The molecule has 4 nitrogen and oxygen atoms in total. The molecule has 0 amide bonds. The number of methoxy groups -OCH3 is 1. The van der Waals surface area contributed by atoms with Gasteiger partial charge in [0.2, 0.25) is 0 Å². The summed E-state index contributed by atoms with van der Waals surface area (Å²) in [6.07, 6.45) is 0. The fraction of sp³-hybridized carbons (Fsp3) is 0.333. The van der Waals surface area contributed by atoms with Gasteiger partial charge in [-0.2, -0.15) is 0 Å². The Morgan fingerprint density at radius 2 is 2.04 bits per heavy atom. The van der Waals surface area contributed by atoms with E-state index in [2.05, 4.69) is 46.4 Å². The molecule has 0 bridgehead atoms. The summed E-state index contributed by atoms with van der Waals surface area (Å²) in [4.78, 5) is 0. The molecular weight excluding hydrogens is 358 g/mol. The van der Waals surface area contributed by atoms with Gasteiger partial charge in [-0.15, -0.1) is 0 Å². The van der Waals surface area contributed by atoms with E-state index in [9.17, 15) is 0 Å². The first-order valence-electron chi connectivity index (χ1n) is 7.63. The Kier molecular flexibility index (Phi) is 5.08. The van der Waals surface area contributed by atoms with Crippen LogP contribution >= 0.6 is 15.9 Å². The Balaban J connectivity index is 1.70. The highest BCUT2D eigenvalue weighted by Gasteiger charge is 2.16. The van der Waals surface area contributed by atoms with Gasteiger partial charge in [0, 0.05) is 18.2 Å². The number of benzene rings is 2. The van der Waals surface area contributed by atoms with Gasteiger partial charge in [-0.3, -0.25) is 0 Å². The van der Waals surface area contributed by atoms with Gasteiger partial charge in [0.15, 0.2) is 11.5 Å². The maximum Gasteiger partial charge on any atom is 0.165 e. The molecule has 2 aromatic carbocycles. The van der Waals surface area contributed by atoms with Crippen LogP contribution in [0.4, 0.5) is 0 Å². The zero-order valence-corrected chi connectivity index (χ0v) is 14.9. The number of fused-ring (bicyclic) bond motifs is 1. The lowest BCUT2D eigenvalue weighted by molar-refractivity contribution is 0.169. The van der Waals surface area contributed by atoms with Crippen LogP contribution in [-0.4, -0.2) is 20.3 Å². The van der Waals surface area contributed by atoms with E-state index in [-0.39, 0.29) is 6.04 Å². The first kappa shape index (κ1) is 16.1. The summed E-state index contributed by atoms with van der Waals surface area (Å²) >= 11 is 3.53. The van der Waals surface area contributed by atoms with Crippen molar-refractivity contribution >= 4 is 15.9 Å². The van der Waals surface area contributed by atoms with Crippen molar-refractivity contribution < 1.29 is 14.2 Å². The third-order valence-electron chi connectivity index (χ3n) is 3.92. The first-order chi connectivity index (χ1) is 11.2. The second kappa shape index (κ2) is 7.23. The molecule has 0 saturated carbocycles. The predicted octanol–water partition coefficient (Wildman–Crippen LogP) is 4.08. The van der Waals surface area contributed by atoms with E-state index in [1.807, 2.05) is 18.2 Å². The van der Waals surface area contributed by atoms with Gasteiger partial charge in [0.25, 0.3) is 0 Å². The number of rotatable bonds is 5. The van der Waals surface area contributed by atoms with Crippen LogP contribution < -0.4 is 19.5 Å². The minimum Gasteiger partial charge on any atom is -0.496 e. The van der Waals surface area contributed by atoms with Crippen molar-refractivity contribution in [1.29, 1.82) is 0 Å². The molecule has 2 aromatic rings. The van der Waals surface area contributed by atoms with E-state index >= 15 is 0 Å². The van der Waals surface area contributed by atoms with Crippen LogP contribution in [0, 0.1) is 0 Å². The molecule has 0 saturated heterocycles. The van der Waals surface area contributed by atoms with Crippen LogP contribution in [0.25, 0.3) is 0 Å². The molecule has 1 unspecified atom stereocenters. The molecule has 5 heteroatoms. The third-order valence-corrected chi connectivity index (χ3v) is 4.54. The molecule has 0 spiro atoms. The molecule has 1 aliphatic rings. The lowest BCUT2D eigenvalue weighted by Crippen LogP contribution is -2.21. The lowest BCUT2D eigenvalue weighted by atomic mass is 10.1. The van der Waals surface area contributed by atoms with Crippen molar-refractivity contribution in [1.82, 2.24) is 5.32 Å². The molecule has 0 aliphatic carbocycles. The predicted molar refractivity (Wildman–Crippen MR) is 93.4 cm³/mol. The topological polar surface area (TPSA) is 39.7 Å². The average molecular weight is 378 g/mol. The summed E-state index contributed by atoms with van der Waals surface area (Å²) < 4.78 is 17.6. The van der Waals surface area contributed by atoms with Crippen molar-refractivity contribution in [2.24, 2.45) is 0 Å². The highest BCUT2D eigenvalue weighted by atomic mass is 79.9. The van der Waals surface area contributed by atoms with Crippen molar-refractivity contribution in [2.45, 2.75) is 19.5 Å². The van der Waals surface area contributed by atoms with Gasteiger partial charge in [-0.25, -0.2) is 0 Å². The fourth-order valence-electron chi connectivity index (χ4n) is 2.61. The molecule has 1 N–H and O–H groups in total. The normalized spacial score (nSPS) is 14.4. The van der Waals surface area contributed by atoms with Crippen LogP contribution in [0.2, 0.25) is 0 Å². The third kappa shape index (κ3) is 3.62. The minimum absolute atomic E-state index is 0.206. The monoisotopic (exact) mass is 377 g/mol. The highest BCUT2D eigenvalue weighted by molar-refractivity contribution is 9.10. The van der Waals surface area contributed by atoms with E-state index in [4.69, 9.17) is 14.2 Å². The van der Waals surface area contributed by atoms with Crippen LogP contribution in [0.15, 0.2) is 40.9 Å².